The van der Waals surface area contributed by atoms with Crippen molar-refractivity contribution < 1.29 is 9.46 Å². The molecule has 9 heavy (non-hydrogen) atoms. The summed E-state index contributed by atoms with van der Waals surface area (Å²) in [5.41, 5.74) is 5.11. The van der Waals surface area contributed by atoms with E-state index in [0.717, 1.165) is 6.42 Å². The molecule has 0 aromatic heterocycles. The molecule has 0 aliphatic rings. The molecule has 0 bridgehead atoms. The molecule has 0 amide bonds. The van der Waals surface area contributed by atoms with Gasteiger partial charge in [0.2, 0.25) is 0 Å². The van der Waals surface area contributed by atoms with Crippen LogP contribution in [-0.4, -0.2) is 17.1 Å². The Balaban J connectivity index is 3.54. The minimum Gasteiger partial charge on any atom is -0.330 e. The summed E-state index contributed by atoms with van der Waals surface area (Å²) in [6.45, 7) is 2.39. The van der Waals surface area contributed by atoms with Gasteiger partial charge in [-0.2, -0.15) is 4.89 Å². The Labute approximate surface area is 56.1 Å². The molecule has 3 nitrogen and oxygen atoms in total. The summed E-state index contributed by atoms with van der Waals surface area (Å²) in [6, 6.07) is 0. The second-order valence-electron chi connectivity index (χ2n) is 1.94. The third-order valence-corrected chi connectivity index (χ3v) is 2.53. The third kappa shape index (κ3) is 3.57. The summed E-state index contributed by atoms with van der Waals surface area (Å²) in [7, 11) is -2.00. The summed E-state index contributed by atoms with van der Waals surface area (Å²) in [6.07, 6.45) is 1.39. The summed E-state index contributed by atoms with van der Waals surface area (Å²) in [5, 5.41) is 0. The van der Waals surface area contributed by atoms with Crippen LogP contribution >= 0.6 is 8.03 Å². The van der Waals surface area contributed by atoms with Gasteiger partial charge in [-0.1, -0.05) is 6.92 Å². The molecular weight excluding hydrogens is 137 g/mol. The summed E-state index contributed by atoms with van der Waals surface area (Å²) in [4.78, 5) is 8.60. The number of hydrogen-bond donors (Lipinski definition) is 2. The van der Waals surface area contributed by atoms with Crippen molar-refractivity contribution >= 4 is 8.03 Å². The summed E-state index contributed by atoms with van der Waals surface area (Å²) in [5.74, 6) is 0. The monoisotopic (exact) mass is 150 g/mol. The molecule has 0 aromatic rings. The molecule has 0 fully saturated rings. The highest BCUT2D eigenvalue weighted by Crippen LogP contribution is 2.26. The highest BCUT2D eigenvalue weighted by molar-refractivity contribution is 7.38. The molecule has 0 saturated carbocycles. The predicted octanol–water partition coefficient (Wildman–Crippen LogP) is 0.849. The van der Waals surface area contributed by atoms with Crippen LogP contribution in [-0.2, 0) is 4.57 Å². The SMILES string of the molecule is CCC(CCN)[P+](=O)O. The zero-order chi connectivity index (χ0) is 7.28. The Bertz CT molecular complexity index is 97.0. The molecule has 0 aromatic carbocycles. The van der Waals surface area contributed by atoms with Crippen molar-refractivity contribution in [1.29, 1.82) is 0 Å². The van der Waals surface area contributed by atoms with Gasteiger partial charge >= 0.3 is 8.03 Å². The number of hydrogen-bond acceptors (Lipinski definition) is 2. The molecular formula is C5H13NO2P+. The molecule has 0 heterocycles. The van der Waals surface area contributed by atoms with Gasteiger partial charge in [0.1, 0.15) is 0 Å². The van der Waals surface area contributed by atoms with Crippen LogP contribution < -0.4 is 5.73 Å². The zero-order valence-electron chi connectivity index (χ0n) is 5.58. The molecule has 4 heteroatoms. The first-order valence-corrected chi connectivity index (χ1v) is 4.35. The van der Waals surface area contributed by atoms with Gasteiger partial charge in [-0.15, -0.1) is 0 Å². The average molecular weight is 150 g/mol. The lowest BCUT2D eigenvalue weighted by atomic mass is 10.2. The topological polar surface area (TPSA) is 63.3 Å². The predicted molar refractivity (Wildman–Crippen MR) is 37.6 cm³/mol. The van der Waals surface area contributed by atoms with Crippen LogP contribution in [0.1, 0.15) is 19.8 Å². The number of rotatable bonds is 4. The van der Waals surface area contributed by atoms with Crippen LogP contribution in [0.4, 0.5) is 0 Å². The quantitative estimate of drug-likeness (QED) is 0.584. The van der Waals surface area contributed by atoms with Crippen LogP contribution in [0.5, 0.6) is 0 Å². The third-order valence-electron chi connectivity index (χ3n) is 1.28. The van der Waals surface area contributed by atoms with E-state index in [4.69, 9.17) is 10.6 Å². The first-order chi connectivity index (χ1) is 4.22. The Morgan fingerprint density at radius 3 is 2.44 bits per heavy atom. The Hall–Kier alpha value is 0.0200. The van der Waals surface area contributed by atoms with Crippen LogP contribution in [0.2, 0.25) is 0 Å². The molecule has 0 aliphatic heterocycles. The maximum absolute atomic E-state index is 10.4. The summed E-state index contributed by atoms with van der Waals surface area (Å²) >= 11 is 0. The molecule has 2 unspecified atom stereocenters. The lowest BCUT2D eigenvalue weighted by Crippen LogP contribution is -2.09. The van der Waals surface area contributed by atoms with E-state index in [1.54, 1.807) is 0 Å². The van der Waals surface area contributed by atoms with E-state index in [1.807, 2.05) is 6.92 Å². The van der Waals surface area contributed by atoms with Crippen molar-refractivity contribution in [3.05, 3.63) is 0 Å². The fourth-order valence-corrected chi connectivity index (χ4v) is 1.35. The maximum Gasteiger partial charge on any atom is 0.508 e. The van der Waals surface area contributed by atoms with Crippen LogP contribution in [0, 0.1) is 0 Å². The van der Waals surface area contributed by atoms with Crippen molar-refractivity contribution in [3.8, 4) is 0 Å². The Kier molecular flexibility index (Phi) is 4.87. The van der Waals surface area contributed by atoms with Crippen LogP contribution in [0.3, 0.4) is 0 Å². The zero-order valence-corrected chi connectivity index (χ0v) is 6.47. The van der Waals surface area contributed by atoms with E-state index in [-0.39, 0.29) is 5.66 Å². The van der Waals surface area contributed by atoms with Gasteiger partial charge in [0, 0.05) is 6.42 Å². The van der Waals surface area contributed by atoms with E-state index in [2.05, 4.69) is 0 Å². The van der Waals surface area contributed by atoms with E-state index in [0.29, 0.717) is 13.0 Å². The van der Waals surface area contributed by atoms with Gasteiger partial charge in [-0.25, -0.2) is 0 Å². The van der Waals surface area contributed by atoms with E-state index in [9.17, 15) is 4.57 Å². The van der Waals surface area contributed by atoms with Crippen molar-refractivity contribution in [1.82, 2.24) is 0 Å². The minimum atomic E-state index is -2.00. The van der Waals surface area contributed by atoms with Gasteiger partial charge in [-0.3, -0.25) is 0 Å². The van der Waals surface area contributed by atoms with E-state index < -0.39 is 8.03 Å². The fraction of sp³-hybridized carbons (Fsp3) is 1.00. The second-order valence-corrected chi connectivity index (χ2v) is 3.28. The van der Waals surface area contributed by atoms with Crippen LogP contribution in [0.25, 0.3) is 0 Å². The van der Waals surface area contributed by atoms with Gasteiger partial charge in [0.15, 0.2) is 5.66 Å². The fourth-order valence-electron chi connectivity index (χ4n) is 0.663. The molecule has 0 spiro atoms. The van der Waals surface area contributed by atoms with Gasteiger partial charge in [0.05, 0.1) is 0 Å². The van der Waals surface area contributed by atoms with Crippen LogP contribution in [0.15, 0.2) is 0 Å². The van der Waals surface area contributed by atoms with E-state index in [1.165, 1.54) is 0 Å². The molecule has 54 valence electrons. The van der Waals surface area contributed by atoms with Gasteiger partial charge in [0.25, 0.3) is 0 Å². The highest BCUT2D eigenvalue weighted by atomic mass is 31.1. The van der Waals surface area contributed by atoms with Gasteiger partial charge in [-0.05, 0) is 17.5 Å². The second kappa shape index (κ2) is 4.86. The molecule has 3 N–H and O–H groups in total. The molecule has 0 radical (unpaired) electrons. The van der Waals surface area contributed by atoms with E-state index >= 15 is 0 Å². The normalized spacial score (nSPS) is 15.2. The van der Waals surface area contributed by atoms with Crippen molar-refractivity contribution in [2.24, 2.45) is 5.73 Å². The minimum absolute atomic E-state index is 0.0926. The lowest BCUT2D eigenvalue weighted by Gasteiger charge is -1.95. The maximum atomic E-state index is 10.4. The molecule has 0 saturated heterocycles. The molecule has 0 aliphatic carbocycles. The van der Waals surface area contributed by atoms with Crippen molar-refractivity contribution in [2.75, 3.05) is 6.54 Å². The Morgan fingerprint density at radius 2 is 2.33 bits per heavy atom. The number of nitrogens with two attached hydrogens (primary N) is 1. The first-order valence-electron chi connectivity index (χ1n) is 3.07. The standard InChI is InChI=1S/C5H12NO2P/c1-2-5(3-4-6)9(7)8/h5H,2-4,6H2,1H3/p+1. The van der Waals surface area contributed by atoms with Crippen molar-refractivity contribution in [3.63, 3.8) is 0 Å². The average Bonchev–Trinajstić information content (AvgIpc) is 1.82. The van der Waals surface area contributed by atoms with Gasteiger partial charge < -0.3 is 5.73 Å². The first kappa shape index (κ1) is 9.02. The largest absolute Gasteiger partial charge is 0.508 e. The van der Waals surface area contributed by atoms with Crippen molar-refractivity contribution in [2.45, 2.75) is 25.4 Å². The molecule has 2 atom stereocenters. The molecule has 0 rings (SSSR count). The Morgan fingerprint density at radius 1 is 1.78 bits per heavy atom. The lowest BCUT2D eigenvalue weighted by molar-refractivity contribution is 0.481. The highest BCUT2D eigenvalue weighted by Gasteiger charge is 2.25. The smallest absolute Gasteiger partial charge is 0.330 e. The summed E-state index contributed by atoms with van der Waals surface area (Å²) < 4.78 is 10.4.